The van der Waals surface area contributed by atoms with Gasteiger partial charge >= 0.3 is 11.8 Å². The molecule has 1 N–H and O–H groups in total. The summed E-state index contributed by atoms with van der Waals surface area (Å²) in [5.41, 5.74) is 1.76. The number of nitrogens with one attached hydrogen (secondary N) is 1. The third kappa shape index (κ3) is 4.88. The molecule has 4 nitrogen and oxygen atoms in total. The fourth-order valence-corrected chi connectivity index (χ4v) is 2.29. The lowest BCUT2D eigenvalue weighted by Crippen LogP contribution is -2.40. The smallest absolute Gasteiger partial charge is 0.313 e. The highest BCUT2D eigenvalue weighted by Crippen LogP contribution is 2.23. The molecule has 0 heterocycles. The normalized spacial score (nSPS) is 10.5. The van der Waals surface area contributed by atoms with E-state index in [1.54, 1.807) is 4.90 Å². The highest BCUT2D eigenvalue weighted by atomic mass is 16.2. The van der Waals surface area contributed by atoms with Crippen LogP contribution in [0.5, 0.6) is 0 Å². The first-order chi connectivity index (χ1) is 10.0. The van der Waals surface area contributed by atoms with Crippen LogP contribution in [-0.4, -0.2) is 29.8 Å². The molecule has 0 aliphatic rings. The van der Waals surface area contributed by atoms with E-state index in [-0.39, 0.29) is 0 Å². The summed E-state index contributed by atoms with van der Waals surface area (Å²) in [6.07, 6.45) is 1.70. The van der Waals surface area contributed by atoms with Crippen LogP contribution in [0.25, 0.3) is 0 Å². The van der Waals surface area contributed by atoms with Crippen molar-refractivity contribution in [1.82, 2.24) is 4.90 Å². The largest absolute Gasteiger partial charge is 0.334 e. The van der Waals surface area contributed by atoms with Gasteiger partial charge in [-0.1, -0.05) is 45.9 Å². The van der Waals surface area contributed by atoms with Gasteiger partial charge in [-0.2, -0.15) is 0 Å². The Hall–Kier alpha value is -1.84. The minimum absolute atomic E-state index is 0.291. The molecule has 4 heteroatoms. The number of amides is 2. The van der Waals surface area contributed by atoms with Crippen LogP contribution in [0, 0.1) is 0 Å². The van der Waals surface area contributed by atoms with Crippen molar-refractivity contribution in [3.8, 4) is 0 Å². The molecule has 0 fully saturated rings. The van der Waals surface area contributed by atoms with E-state index >= 15 is 0 Å². The predicted octanol–water partition coefficient (Wildman–Crippen LogP) is 3.40. The molecule has 0 radical (unpaired) electrons. The number of carbonyl (C=O) groups is 2. The lowest BCUT2D eigenvalue weighted by molar-refractivity contribution is -0.143. The topological polar surface area (TPSA) is 49.4 Å². The number of hydrogen-bond acceptors (Lipinski definition) is 2. The molecular weight excluding hydrogens is 264 g/mol. The highest BCUT2D eigenvalue weighted by molar-refractivity contribution is 6.39. The summed E-state index contributed by atoms with van der Waals surface area (Å²) in [4.78, 5) is 26.0. The van der Waals surface area contributed by atoms with Crippen LogP contribution < -0.4 is 5.32 Å². The summed E-state index contributed by atoms with van der Waals surface area (Å²) in [5, 5.41) is 2.76. The third-order valence-electron chi connectivity index (χ3n) is 3.30. The number of benzene rings is 1. The monoisotopic (exact) mass is 290 g/mol. The zero-order chi connectivity index (χ0) is 15.8. The maximum absolute atomic E-state index is 12.2. The molecule has 0 saturated heterocycles. The Labute approximate surface area is 127 Å². The summed E-state index contributed by atoms with van der Waals surface area (Å²) >= 11 is 0. The van der Waals surface area contributed by atoms with Gasteiger partial charge in [0.25, 0.3) is 0 Å². The standard InChI is InChI=1S/C17H26N2O2/c1-5-11-19(12-6-2)17(21)16(20)18-15-10-8-7-9-14(15)13(3)4/h7-10,13H,5-6,11-12H2,1-4H3,(H,18,20). The predicted molar refractivity (Wildman–Crippen MR) is 86.3 cm³/mol. The van der Waals surface area contributed by atoms with Gasteiger partial charge in [0, 0.05) is 18.8 Å². The van der Waals surface area contributed by atoms with Gasteiger partial charge in [-0.05, 0) is 30.4 Å². The molecule has 21 heavy (non-hydrogen) atoms. The van der Waals surface area contributed by atoms with E-state index < -0.39 is 11.8 Å². The van der Waals surface area contributed by atoms with Crippen LogP contribution >= 0.6 is 0 Å². The first kappa shape index (κ1) is 17.2. The molecule has 0 saturated carbocycles. The zero-order valence-corrected chi connectivity index (χ0v) is 13.5. The second-order valence-electron chi connectivity index (χ2n) is 5.49. The molecule has 0 unspecified atom stereocenters. The quantitative estimate of drug-likeness (QED) is 0.816. The molecule has 2 amide bonds. The molecule has 1 aromatic rings. The summed E-state index contributed by atoms with van der Waals surface area (Å²) in [6, 6.07) is 7.61. The van der Waals surface area contributed by atoms with E-state index in [1.807, 2.05) is 38.1 Å². The number of anilines is 1. The molecule has 0 bridgehead atoms. The maximum atomic E-state index is 12.2. The molecule has 0 aliphatic carbocycles. The average Bonchev–Trinajstić information content (AvgIpc) is 2.46. The van der Waals surface area contributed by atoms with Gasteiger partial charge in [0.15, 0.2) is 0 Å². The fourth-order valence-electron chi connectivity index (χ4n) is 2.29. The lowest BCUT2D eigenvalue weighted by atomic mass is 10.0. The second kappa shape index (κ2) is 8.45. The number of nitrogens with zero attached hydrogens (tertiary/aromatic N) is 1. The van der Waals surface area contributed by atoms with Crippen molar-refractivity contribution in [3.63, 3.8) is 0 Å². The lowest BCUT2D eigenvalue weighted by Gasteiger charge is -2.21. The molecular formula is C17H26N2O2. The SMILES string of the molecule is CCCN(CCC)C(=O)C(=O)Nc1ccccc1C(C)C. The Morgan fingerprint density at radius 1 is 1.10 bits per heavy atom. The van der Waals surface area contributed by atoms with Crippen molar-refractivity contribution >= 4 is 17.5 Å². The van der Waals surface area contributed by atoms with Gasteiger partial charge in [0.1, 0.15) is 0 Å². The fraction of sp³-hybridized carbons (Fsp3) is 0.529. The van der Waals surface area contributed by atoms with Crippen molar-refractivity contribution in [2.45, 2.75) is 46.5 Å². The third-order valence-corrected chi connectivity index (χ3v) is 3.30. The Bertz CT molecular complexity index is 477. The van der Waals surface area contributed by atoms with Crippen LogP contribution in [0.15, 0.2) is 24.3 Å². The van der Waals surface area contributed by atoms with E-state index in [0.717, 1.165) is 24.1 Å². The molecule has 0 atom stereocenters. The van der Waals surface area contributed by atoms with Crippen molar-refractivity contribution < 1.29 is 9.59 Å². The minimum atomic E-state index is -0.551. The molecule has 0 aliphatic heterocycles. The summed E-state index contributed by atoms with van der Waals surface area (Å²) < 4.78 is 0. The summed E-state index contributed by atoms with van der Waals surface area (Å²) in [7, 11) is 0. The van der Waals surface area contributed by atoms with Crippen LogP contribution in [0.1, 0.15) is 52.0 Å². The minimum Gasteiger partial charge on any atom is -0.334 e. The second-order valence-corrected chi connectivity index (χ2v) is 5.49. The van der Waals surface area contributed by atoms with Crippen molar-refractivity contribution in [2.75, 3.05) is 18.4 Å². The van der Waals surface area contributed by atoms with Gasteiger partial charge in [-0.15, -0.1) is 0 Å². The molecule has 0 aromatic heterocycles. The van der Waals surface area contributed by atoms with E-state index in [1.165, 1.54) is 0 Å². The zero-order valence-electron chi connectivity index (χ0n) is 13.5. The van der Waals surface area contributed by atoms with Crippen LogP contribution in [0.3, 0.4) is 0 Å². The van der Waals surface area contributed by atoms with E-state index in [2.05, 4.69) is 19.2 Å². The van der Waals surface area contributed by atoms with Gasteiger partial charge in [-0.25, -0.2) is 0 Å². The van der Waals surface area contributed by atoms with Gasteiger partial charge < -0.3 is 10.2 Å². The number of para-hydroxylation sites is 1. The molecule has 116 valence electrons. The van der Waals surface area contributed by atoms with Gasteiger partial charge in [0.2, 0.25) is 0 Å². The molecule has 0 spiro atoms. The van der Waals surface area contributed by atoms with Crippen LogP contribution in [-0.2, 0) is 9.59 Å². The Kier molecular flexibility index (Phi) is 6.92. The highest BCUT2D eigenvalue weighted by Gasteiger charge is 2.21. The van der Waals surface area contributed by atoms with E-state index in [9.17, 15) is 9.59 Å². The first-order valence-corrected chi connectivity index (χ1v) is 7.70. The first-order valence-electron chi connectivity index (χ1n) is 7.70. The summed E-state index contributed by atoms with van der Waals surface area (Å²) in [6.45, 7) is 9.36. The van der Waals surface area contributed by atoms with Crippen LogP contribution in [0.2, 0.25) is 0 Å². The number of hydrogen-bond donors (Lipinski definition) is 1. The Balaban J connectivity index is 2.82. The Morgan fingerprint density at radius 3 is 2.19 bits per heavy atom. The Morgan fingerprint density at radius 2 is 1.67 bits per heavy atom. The van der Waals surface area contributed by atoms with Crippen molar-refractivity contribution in [1.29, 1.82) is 0 Å². The molecule has 1 aromatic carbocycles. The van der Waals surface area contributed by atoms with Crippen LogP contribution in [0.4, 0.5) is 5.69 Å². The molecule has 1 rings (SSSR count). The van der Waals surface area contributed by atoms with E-state index in [4.69, 9.17) is 0 Å². The number of carbonyl (C=O) groups excluding carboxylic acids is 2. The van der Waals surface area contributed by atoms with E-state index in [0.29, 0.717) is 19.0 Å². The van der Waals surface area contributed by atoms with Crippen molar-refractivity contribution in [3.05, 3.63) is 29.8 Å². The van der Waals surface area contributed by atoms with Gasteiger partial charge in [-0.3, -0.25) is 9.59 Å². The number of rotatable bonds is 6. The summed E-state index contributed by atoms with van der Waals surface area (Å²) in [5.74, 6) is -0.707. The van der Waals surface area contributed by atoms with Crippen molar-refractivity contribution in [2.24, 2.45) is 0 Å². The van der Waals surface area contributed by atoms with Gasteiger partial charge in [0.05, 0.1) is 0 Å². The maximum Gasteiger partial charge on any atom is 0.313 e. The average molecular weight is 290 g/mol.